The van der Waals surface area contributed by atoms with E-state index in [-0.39, 0.29) is 36.0 Å². The molecular weight excluding hydrogens is 452 g/mol. The number of hydrogen-bond donors (Lipinski definition) is 0. The molecule has 0 bridgehead atoms. The van der Waals surface area contributed by atoms with Gasteiger partial charge in [0.2, 0.25) is 17.7 Å². The molecule has 3 heterocycles. The quantitative estimate of drug-likeness (QED) is 0.649. The lowest BCUT2D eigenvalue weighted by Crippen LogP contribution is -2.52. The van der Waals surface area contributed by atoms with Crippen molar-refractivity contribution in [1.82, 2.24) is 14.7 Å². The molecule has 2 aromatic carbocycles. The van der Waals surface area contributed by atoms with Crippen molar-refractivity contribution in [3.63, 3.8) is 0 Å². The molecule has 1 atom stereocenters. The lowest BCUT2D eigenvalue weighted by atomic mass is 9.93. The molecule has 0 N–H and O–H groups in total. The molecule has 0 saturated carbocycles. The molecule has 5 rings (SSSR count). The minimum absolute atomic E-state index is 0.00803. The molecule has 0 aromatic heterocycles. The van der Waals surface area contributed by atoms with Gasteiger partial charge in [0, 0.05) is 70.4 Å². The van der Waals surface area contributed by atoms with Crippen molar-refractivity contribution in [2.24, 2.45) is 11.8 Å². The summed E-state index contributed by atoms with van der Waals surface area (Å²) in [5, 5.41) is 0. The van der Waals surface area contributed by atoms with Crippen LogP contribution in [-0.4, -0.2) is 78.2 Å². The van der Waals surface area contributed by atoms with Crippen LogP contribution in [0.3, 0.4) is 0 Å². The molecule has 190 valence electrons. The van der Waals surface area contributed by atoms with Crippen molar-refractivity contribution in [2.75, 3.05) is 50.7 Å². The number of amides is 3. The Balaban J connectivity index is 1.08. The maximum absolute atomic E-state index is 13.2. The first-order valence-corrected chi connectivity index (χ1v) is 13.2. The maximum Gasteiger partial charge on any atom is 0.228 e. The summed E-state index contributed by atoms with van der Waals surface area (Å²) in [6.45, 7) is 7.89. The maximum atomic E-state index is 13.2. The fourth-order valence-electron chi connectivity index (χ4n) is 5.68. The van der Waals surface area contributed by atoms with E-state index in [9.17, 15) is 14.4 Å². The Hall–Kier alpha value is -3.19. The van der Waals surface area contributed by atoms with Crippen LogP contribution in [0.25, 0.3) is 0 Å². The van der Waals surface area contributed by atoms with E-state index in [2.05, 4.69) is 29.2 Å². The van der Waals surface area contributed by atoms with Crippen LogP contribution < -0.4 is 4.90 Å². The van der Waals surface area contributed by atoms with Crippen LogP contribution in [0, 0.1) is 18.8 Å². The van der Waals surface area contributed by atoms with Crippen molar-refractivity contribution < 1.29 is 14.4 Å². The van der Waals surface area contributed by atoms with Crippen molar-refractivity contribution >= 4 is 23.4 Å². The third kappa shape index (κ3) is 5.46. The second-order valence-corrected chi connectivity index (χ2v) is 10.4. The summed E-state index contributed by atoms with van der Waals surface area (Å²) in [6.07, 6.45) is 1.67. The number of piperazine rings is 1. The first-order chi connectivity index (χ1) is 17.5. The number of aryl methyl sites for hydroxylation is 1. The molecule has 0 aliphatic carbocycles. The fourth-order valence-corrected chi connectivity index (χ4v) is 5.68. The van der Waals surface area contributed by atoms with E-state index in [4.69, 9.17) is 0 Å². The Morgan fingerprint density at radius 1 is 0.778 bits per heavy atom. The Kier molecular flexibility index (Phi) is 7.37. The highest BCUT2D eigenvalue weighted by Crippen LogP contribution is 2.29. The van der Waals surface area contributed by atoms with Gasteiger partial charge in [-0.3, -0.25) is 19.3 Å². The first kappa shape index (κ1) is 24.5. The van der Waals surface area contributed by atoms with Crippen LogP contribution in [-0.2, 0) is 20.9 Å². The van der Waals surface area contributed by atoms with Gasteiger partial charge in [-0.25, -0.2) is 0 Å². The monoisotopic (exact) mass is 488 g/mol. The average molecular weight is 489 g/mol. The summed E-state index contributed by atoms with van der Waals surface area (Å²) in [6, 6.07) is 18.3. The third-order valence-electron chi connectivity index (χ3n) is 7.91. The number of anilines is 1. The molecule has 3 amide bonds. The van der Waals surface area contributed by atoms with Crippen LogP contribution in [0.15, 0.2) is 54.6 Å². The fraction of sp³-hybridized carbons (Fsp3) is 0.483. The molecule has 0 unspecified atom stereocenters. The van der Waals surface area contributed by atoms with E-state index in [1.54, 1.807) is 4.90 Å². The highest BCUT2D eigenvalue weighted by atomic mass is 16.2. The molecule has 3 aliphatic rings. The number of likely N-dealkylation sites (tertiary alicyclic amines) is 1. The van der Waals surface area contributed by atoms with Gasteiger partial charge in [-0.2, -0.15) is 0 Å². The Bertz CT molecular complexity index is 1070. The highest BCUT2D eigenvalue weighted by molar-refractivity contribution is 6.00. The standard InChI is InChI=1S/C29H36N4O3/c1-22-7-9-26(10-8-22)33-21-25(19-27(33)34)29(36)31-13-11-24(12-14-31)28(35)32-17-15-30(16-18-32)20-23-5-3-2-4-6-23/h2-10,24-25H,11-21H2,1H3/t25-/m0/s1. The molecule has 3 fully saturated rings. The van der Waals surface area contributed by atoms with Gasteiger partial charge < -0.3 is 14.7 Å². The number of hydrogen-bond acceptors (Lipinski definition) is 4. The summed E-state index contributed by atoms with van der Waals surface area (Å²) in [4.78, 5) is 47.0. The molecule has 2 aromatic rings. The zero-order valence-electron chi connectivity index (χ0n) is 21.1. The lowest BCUT2D eigenvalue weighted by Gasteiger charge is -2.39. The largest absolute Gasteiger partial charge is 0.342 e. The van der Waals surface area contributed by atoms with Crippen molar-refractivity contribution in [3.8, 4) is 0 Å². The van der Waals surface area contributed by atoms with Gasteiger partial charge in [0.25, 0.3) is 0 Å². The van der Waals surface area contributed by atoms with Gasteiger partial charge in [-0.15, -0.1) is 0 Å². The number of carbonyl (C=O) groups excluding carboxylic acids is 3. The molecule has 3 aliphatic heterocycles. The third-order valence-corrected chi connectivity index (χ3v) is 7.91. The van der Waals surface area contributed by atoms with E-state index in [1.165, 1.54) is 5.56 Å². The van der Waals surface area contributed by atoms with Crippen LogP contribution in [0.5, 0.6) is 0 Å². The Morgan fingerprint density at radius 3 is 2.06 bits per heavy atom. The predicted octanol–water partition coefficient (Wildman–Crippen LogP) is 2.93. The Morgan fingerprint density at radius 2 is 1.39 bits per heavy atom. The summed E-state index contributed by atoms with van der Waals surface area (Å²) in [5.74, 6) is -0.0113. The summed E-state index contributed by atoms with van der Waals surface area (Å²) in [7, 11) is 0. The number of rotatable bonds is 5. The molecule has 7 heteroatoms. The SMILES string of the molecule is Cc1ccc(N2C[C@@H](C(=O)N3CCC(C(=O)N4CCN(Cc5ccccc5)CC4)CC3)CC2=O)cc1. The van der Waals surface area contributed by atoms with Crippen LogP contribution >= 0.6 is 0 Å². The van der Waals surface area contributed by atoms with E-state index < -0.39 is 0 Å². The van der Waals surface area contributed by atoms with E-state index >= 15 is 0 Å². The molecule has 7 nitrogen and oxygen atoms in total. The van der Waals surface area contributed by atoms with Crippen LogP contribution in [0.2, 0.25) is 0 Å². The Labute approximate surface area is 213 Å². The smallest absolute Gasteiger partial charge is 0.228 e. The van der Waals surface area contributed by atoms with Gasteiger partial charge in [-0.1, -0.05) is 48.0 Å². The second kappa shape index (κ2) is 10.8. The number of benzene rings is 2. The zero-order chi connectivity index (χ0) is 25.1. The minimum Gasteiger partial charge on any atom is -0.342 e. The highest BCUT2D eigenvalue weighted by Gasteiger charge is 2.39. The summed E-state index contributed by atoms with van der Waals surface area (Å²) < 4.78 is 0. The zero-order valence-corrected chi connectivity index (χ0v) is 21.1. The van der Waals surface area contributed by atoms with Gasteiger partial charge in [-0.05, 0) is 37.5 Å². The number of piperidine rings is 1. The molecule has 3 saturated heterocycles. The van der Waals surface area contributed by atoms with Crippen LogP contribution in [0.1, 0.15) is 30.4 Å². The lowest BCUT2D eigenvalue weighted by molar-refractivity contribution is -0.143. The number of carbonyl (C=O) groups is 3. The van der Waals surface area contributed by atoms with Crippen molar-refractivity contribution in [3.05, 3.63) is 65.7 Å². The van der Waals surface area contributed by atoms with Crippen LogP contribution in [0.4, 0.5) is 5.69 Å². The first-order valence-electron chi connectivity index (χ1n) is 13.2. The molecular formula is C29H36N4O3. The molecule has 0 spiro atoms. The predicted molar refractivity (Wildman–Crippen MR) is 139 cm³/mol. The van der Waals surface area contributed by atoms with Gasteiger partial charge in [0.15, 0.2) is 0 Å². The second-order valence-electron chi connectivity index (χ2n) is 10.4. The normalized spacial score (nSPS) is 21.8. The van der Waals surface area contributed by atoms with Gasteiger partial charge in [0.1, 0.15) is 0 Å². The van der Waals surface area contributed by atoms with Crippen molar-refractivity contribution in [2.45, 2.75) is 32.7 Å². The van der Waals surface area contributed by atoms with E-state index in [1.807, 2.05) is 47.1 Å². The van der Waals surface area contributed by atoms with Gasteiger partial charge in [0.05, 0.1) is 5.92 Å². The van der Waals surface area contributed by atoms with Crippen molar-refractivity contribution in [1.29, 1.82) is 0 Å². The molecule has 0 radical (unpaired) electrons. The van der Waals surface area contributed by atoms with Gasteiger partial charge >= 0.3 is 0 Å². The summed E-state index contributed by atoms with van der Waals surface area (Å²) >= 11 is 0. The topological polar surface area (TPSA) is 64.2 Å². The summed E-state index contributed by atoms with van der Waals surface area (Å²) in [5.41, 5.74) is 3.30. The molecule has 36 heavy (non-hydrogen) atoms. The average Bonchev–Trinajstić information content (AvgIpc) is 3.31. The number of nitrogens with zero attached hydrogens (tertiary/aromatic N) is 4. The van der Waals surface area contributed by atoms with E-state index in [0.717, 1.165) is 44.0 Å². The van der Waals surface area contributed by atoms with E-state index in [0.29, 0.717) is 32.5 Å². The minimum atomic E-state index is -0.302.